The summed E-state index contributed by atoms with van der Waals surface area (Å²) >= 11 is 5.72. The van der Waals surface area contributed by atoms with Gasteiger partial charge in [-0.25, -0.2) is 0 Å². The first kappa shape index (κ1) is 13.1. The minimum Gasteiger partial charge on any atom is -0.396 e. The first-order valence-electron chi connectivity index (χ1n) is 5.28. The first-order valence-corrected chi connectivity index (χ1v) is 5.66. The van der Waals surface area contributed by atoms with Crippen LogP contribution >= 0.6 is 11.6 Å². The summed E-state index contributed by atoms with van der Waals surface area (Å²) < 4.78 is 0. The van der Waals surface area contributed by atoms with Gasteiger partial charge in [-0.3, -0.25) is 4.79 Å². The number of hydrogen-bond donors (Lipinski definition) is 3. The highest BCUT2D eigenvalue weighted by Crippen LogP contribution is 2.16. The molecule has 0 fully saturated rings. The molecule has 0 aliphatic heterocycles. The molecule has 0 spiro atoms. The zero-order valence-electron chi connectivity index (χ0n) is 9.51. The van der Waals surface area contributed by atoms with Gasteiger partial charge in [-0.05, 0) is 25.8 Å². The van der Waals surface area contributed by atoms with Crippen molar-refractivity contribution in [2.75, 3.05) is 6.61 Å². The van der Waals surface area contributed by atoms with Crippen molar-refractivity contribution in [1.29, 1.82) is 0 Å². The number of H-pyrrole nitrogens is 1. The molecule has 1 amide bonds. The van der Waals surface area contributed by atoms with Crippen LogP contribution in [0.15, 0.2) is 12.3 Å². The highest BCUT2D eigenvalue weighted by molar-refractivity contribution is 6.30. The second-order valence-corrected chi connectivity index (χ2v) is 4.51. The average Bonchev–Trinajstić information content (AvgIpc) is 2.65. The number of aromatic nitrogens is 1. The highest BCUT2D eigenvalue weighted by Gasteiger charge is 2.24. The van der Waals surface area contributed by atoms with Crippen molar-refractivity contribution >= 4 is 17.5 Å². The number of nitrogens with one attached hydrogen (secondary N) is 2. The fraction of sp³-hybridized carbons (Fsp3) is 0.545. The Bertz CT molecular complexity index is 365. The van der Waals surface area contributed by atoms with E-state index in [1.807, 2.05) is 13.8 Å². The van der Waals surface area contributed by atoms with Gasteiger partial charge in [0.05, 0.1) is 5.02 Å². The number of carbonyl (C=O) groups is 1. The lowest BCUT2D eigenvalue weighted by atomic mass is 9.95. The van der Waals surface area contributed by atoms with E-state index in [-0.39, 0.29) is 18.1 Å². The van der Waals surface area contributed by atoms with Crippen LogP contribution in [0.4, 0.5) is 0 Å². The van der Waals surface area contributed by atoms with E-state index in [4.69, 9.17) is 16.7 Å². The zero-order chi connectivity index (χ0) is 12.2. The summed E-state index contributed by atoms with van der Waals surface area (Å²) in [6.07, 6.45) is 2.85. The molecule has 0 radical (unpaired) electrons. The number of hydrogen-bond acceptors (Lipinski definition) is 2. The van der Waals surface area contributed by atoms with Crippen LogP contribution < -0.4 is 5.32 Å². The zero-order valence-corrected chi connectivity index (χ0v) is 10.3. The molecule has 1 aromatic rings. The van der Waals surface area contributed by atoms with Crippen LogP contribution in [0.3, 0.4) is 0 Å². The van der Waals surface area contributed by atoms with Crippen LogP contribution in [0.2, 0.25) is 5.02 Å². The molecule has 1 rings (SSSR count). The van der Waals surface area contributed by atoms with Crippen molar-refractivity contribution in [3.05, 3.63) is 23.0 Å². The van der Waals surface area contributed by atoms with Gasteiger partial charge in [0.15, 0.2) is 0 Å². The maximum Gasteiger partial charge on any atom is 0.268 e. The molecule has 3 N–H and O–H groups in total. The summed E-state index contributed by atoms with van der Waals surface area (Å²) in [5.74, 6) is -0.204. The lowest BCUT2D eigenvalue weighted by Crippen LogP contribution is -2.46. The summed E-state index contributed by atoms with van der Waals surface area (Å²) in [6, 6.07) is 1.58. The van der Waals surface area contributed by atoms with Crippen molar-refractivity contribution in [1.82, 2.24) is 10.3 Å². The Kier molecular flexibility index (Phi) is 4.38. The molecule has 16 heavy (non-hydrogen) atoms. The van der Waals surface area contributed by atoms with Gasteiger partial charge in [-0.15, -0.1) is 0 Å². The summed E-state index contributed by atoms with van der Waals surface area (Å²) in [7, 11) is 0. The fourth-order valence-electron chi connectivity index (χ4n) is 1.41. The number of rotatable bonds is 5. The van der Waals surface area contributed by atoms with Crippen LogP contribution in [0.1, 0.15) is 37.2 Å². The summed E-state index contributed by atoms with van der Waals surface area (Å²) in [5, 5.41) is 12.3. The fourth-order valence-corrected chi connectivity index (χ4v) is 1.58. The van der Waals surface area contributed by atoms with Crippen molar-refractivity contribution in [3.63, 3.8) is 0 Å². The molecule has 1 atom stereocenters. The van der Waals surface area contributed by atoms with Gasteiger partial charge in [0.1, 0.15) is 5.69 Å². The molecular formula is C11H17ClN2O2. The van der Waals surface area contributed by atoms with E-state index in [0.29, 0.717) is 17.1 Å². The number of aromatic amines is 1. The molecule has 0 saturated carbocycles. The Hall–Kier alpha value is -1.00. The topological polar surface area (TPSA) is 65.1 Å². The first-order chi connectivity index (χ1) is 7.50. The molecule has 4 nitrogen and oxygen atoms in total. The Morgan fingerprint density at radius 2 is 2.38 bits per heavy atom. The van der Waals surface area contributed by atoms with E-state index in [1.54, 1.807) is 12.3 Å². The molecule has 0 aliphatic carbocycles. The van der Waals surface area contributed by atoms with Crippen molar-refractivity contribution in [2.24, 2.45) is 0 Å². The standard InChI is InChI=1S/C11H17ClN2O2/c1-3-11(2,4-5-15)14-10(16)9-6-8(12)7-13-9/h6-7,13,15H,3-5H2,1-2H3,(H,14,16). The molecule has 90 valence electrons. The van der Waals surface area contributed by atoms with Gasteiger partial charge >= 0.3 is 0 Å². The summed E-state index contributed by atoms with van der Waals surface area (Å²) in [5.41, 5.74) is 0.0475. The third-order valence-corrected chi connectivity index (χ3v) is 2.97. The second kappa shape index (κ2) is 5.37. The Morgan fingerprint density at radius 1 is 1.69 bits per heavy atom. The average molecular weight is 245 g/mol. The van der Waals surface area contributed by atoms with E-state index in [1.165, 1.54) is 0 Å². The third kappa shape index (κ3) is 3.25. The van der Waals surface area contributed by atoms with Gasteiger partial charge in [0.2, 0.25) is 0 Å². The minimum absolute atomic E-state index is 0.0517. The third-order valence-electron chi connectivity index (χ3n) is 2.75. The Balaban J connectivity index is 2.69. The van der Waals surface area contributed by atoms with Gasteiger partial charge in [0.25, 0.3) is 5.91 Å². The molecule has 0 aromatic carbocycles. The van der Waals surface area contributed by atoms with Gasteiger partial charge < -0.3 is 15.4 Å². The van der Waals surface area contributed by atoms with E-state index < -0.39 is 0 Å². The Morgan fingerprint density at radius 3 is 2.81 bits per heavy atom. The molecule has 0 bridgehead atoms. The maximum atomic E-state index is 11.8. The number of amides is 1. The lowest BCUT2D eigenvalue weighted by Gasteiger charge is -2.28. The monoisotopic (exact) mass is 244 g/mol. The van der Waals surface area contributed by atoms with Crippen molar-refractivity contribution in [2.45, 2.75) is 32.2 Å². The van der Waals surface area contributed by atoms with Crippen LogP contribution in [-0.2, 0) is 0 Å². The number of halogens is 1. The highest BCUT2D eigenvalue weighted by atomic mass is 35.5. The van der Waals surface area contributed by atoms with Crippen LogP contribution in [0, 0.1) is 0 Å². The van der Waals surface area contributed by atoms with Crippen LogP contribution in [0.25, 0.3) is 0 Å². The predicted molar refractivity (Wildman–Crippen MR) is 63.7 cm³/mol. The predicted octanol–water partition coefficient (Wildman–Crippen LogP) is 1.95. The van der Waals surface area contributed by atoms with Gasteiger partial charge in [0, 0.05) is 18.3 Å². The molecule has 1 heterocycles. The molecule has 0 saturated heterocycles. The minimum atomic E-state index is -0.385. The summed E-state index contributed by atoms with van der Waals surface area (Å²) in [4.78, 5) is 14.6. The van der Waals surface area contributed by atoms with Crippen LogP contribution in [0.5, 0.6) is 0 Å². The number of aliphatic hydroxyl groups excluding tert-OH is 1. The molecule has 1 aromatic heterocycles. The molecule has 0 aliphatic rings. The van der Waals surface area contributed by atoms with E-state index in [0.717, 1.165) is 6.42 Å². The van der Waals surface area contributed by atoms with Crippen molar-refractivity contribution in [3.8, 4) is 0 Å². The van der Waals surface area contributed by atoms with Crippen LogP contribution in [-0.4, -0.2) is 28.1 Å². The van der Waals surface area contributed by atoms with E-state index in [2.05, 4.69) is 10.3 Å². The van der Waals surface area contributed by atoms with E-state index in [9.17, 15) is 4.79 Å². The quantitative estimate of drug-likeness (QED) is 0.741. The normalized spacial score (nSPS) is 14.5. The largest absolute Gasteiger partial charge is 0.396 e. The van der Waals surface area contributed by atoms with Gasteiger partial charge in [-0.2, -0.15) is 0 Å². The smallest absolute Gasteiger partial charge is 0.268 e. The molecular weight excluding hydrogens is 228 g/mol. The van der Waals surface area contributed by atoms with Crippen molar-refractivity contribution < 1.29 is 9.90 Å². The summed E-state index contributed by atoms with van der Waals surface area (Å²) in [6.45, 7) is 3.93. The number of carbonyl (C=O) groups excluding carboxylic acids is 1. The molecule has 5 heteroatoms. The number of aliphatic hydroxyl groups is 1. The van der Waals surface area contributed by atoms with E-state index >= 15 is 0 Å². The van der Waals surface area contributed by atoms with Gasteiger partial charge in [-0.1, -0.05) is 18.5 Å². The second-order valence-electron chi connectivity index (χ2n) is 4.07. The SMILES string of the molecule is CCC(C)(CCO)NC(=O)c1cc(Cl)c[nH]1. The lowest BCUT2D eigenvalue weighted by molar-refractivity contribution is 0.0881. The molecule has 1 unspecified atom stereocenters. The Labute approximate surface area is 100 Å². The maximum absolute atomic E-state index is 11.8.